The minimum absolute atomic E-state index is 0.494. The second kappa shape index (κ2) is 4.83. The van der Waals surface area contributed by atoms with Crippen molar-refractivity contribution in [2.75, 3.05) is 5.32 Å². The van der Waals surface area contributed by atoms with Gasteiger partial charge < -0.3 is 5.32 Å². The van der Waals surface area contributed by atoms with Crippen molar-refractivity contribution >= 4 is 27.4 Å². The molecule has 0 saturated heterocycles. The van der Waals surface area contributed by atoms with Gasteiger partial charge in [0.15, 0.2) is 0 Å². The van der Waals surface area contributed by atoms with Crippen molar-refractivity contribution in [1.29, 1.82) is 0 Å². The van der Waals surface area contributed by atoms with Gasteiger partial charge in [-0.15, -0.1) is 0 Å². The molecule has 0 spiro atoms. The van der Waals surface area contributed by atoms with Gasteiger partial charge in [0, 0.05) is 11.4 Å². The summed E-state index contributed by atoms with van der Waals surface area (Å²) in [6.45, 7) is 6.75. The maximum absolute atomic E-state index is 4.44. The number of anilines is 1. The van der Waals surface area contributed by atoms with E-state index >= 15 is 0 Å². The zero-order valence-corrected chi connectivity index (χ0v) is 10.8. The van der Waals surface area contributed by atoms with E-state index in [1.165, 1.54) is 16.8 Å². The molecule has 1 aromatic carbocycles. The average Bonchev–Trinajstić information content (AvgIpc) is 2.72. The molecule has 0 fully saturated rings. The van der Waals surface area contributed by atoms with Crippen LogP contribution in [-0.2, 0) is 0 Å². The summed E-state index contributed by atoms with van der Waals surface area (Å²) in [5, 5.41) is 6.01. The summed E-state index contributed by atoms with van der Waals surface area (Å²) >= 11 is 1.56. The molecule has 2 unspecified atom stereocenters. The molecule has 0 bridgehead atoms. The molecule has 2 aromatic rings. The molecule has 0 radical (unpaired) electrons. The van der Waals surface area contributed by atoms with E-state index in [4.69, 9.17) is 0 Å². The minimum Gasteiger partial charge on any atom is -0.372 e. The van der Waals surface area contributed by atoms with Crippen LogP contribution in [0.25, 0.3) is 10.9 Å². The Hall–Kier alpha value is -1.09. The highest BCUT2D eigenvalue weighted by Gasteiger charge is 2.12. The summed E-state index contributed by atoms with van der Waals surface area (Å²) in [5.74, 6) is 0.681. The Morgan fingerprint density at radius 3 is 2.81 bits per heavy atom. The maximum atomic E-state index is 4.44. The molecule has 2 atom stereocenters. The predicted octanol–water partition coefficient (Wildman–Crippen LogP) is 4.14. The monoisotopic (exact) mass is 234 g/mol. The van der Waals surface area contributed by atoms with Crippen molar-refractivity contribution in [2.45, 2.75) is 33.2 Å². The standard InChI is InChI=1S/C13H18N2S/c1-4-9(2)10(3)14-13-11-7-5-6-8-12(11)15-16-13/h5-10,14H,4H2,1-3H3. The second-order valence-corrected chi connectivity index (χ2v) is 5.12. The molecule has 0 aliphatic carbocycles. The van der Waals surface area contributed by atoms with Gasteiger partial charge in [-0.25, -0.2) is 0 Å². The van der Waals surface area contributed by atoms with E-state index in [0.717, 1.165) is 5.52 Å². The van der Waals surface area contributed by atoms with Crippen LogP contribution in [0, 0.1) is 5.92 Å². The zero-order valence-electron chi connectivity index (χ0n) is 10.0. The fraction of sp³-hybridized carbons (Fsp3) is 0.462. The molecule has 0 aliphatic rings. The highest BCUT2D eigenvalue weighted by molar-refractivity contribution is 7.11. The molecule has 2 rings (SSSR count). The highest BCUT2D eigenvalue weighted by atomic mass is 32.1. The summed E-state index contributed by atoms with van der Waals surface area (Å²) in [6.07, 6.45) is 1.20. The van der Waals surface area contributed by atoms with E-state index in [0.29, 0.717) is 12.0 Å². The topological polar surface area (TPSA) is 24.9 Å². The molecular weight excluding hydrogens is 216 g/mol. The van der Waals surface area contributed by atoms with Crippen LogP contribution in [0.2, 0.25) is 0 Å². The Morgan fingerprint density at radius 2 is 2.06 bits per heavy atom. The summed E-state index contributed by atoms with van der Waals surface area (Å²) in [5.41, 5.74) is 1.09. The van der Waals surface area contributed by atoms with Crippen molar-refractivity contribution in [3.05, 3.63) is 24.3 Å². The largest absolute Gasteiger partial charge is 0.372 e. The van der Waals surface area contributed by atoms with E-state index in [2.05, 4.69) is 48.7 Å². The third-order valence-electron chi connectivity index (χ3n) is 3.24. The van der Waals surface area contributed by atoms with Gasteiger partial charge in [-0.3, -0.25) is 0 Å². The minimum atomic E-state index is 0.494. The Kier molecular flexibility index (Phi) is 3.44. The van der Waals surface area contributed by atoms with Crippen LogP contribution >= 0.6 is 11.5 Å². The zero-order chi connectivity index (χ0) is 11.5. The lowest BCUT2D eigenvalue weighted by Gasteiger charge is -2.19. The van der Waals surface area contributed by atoms with Crippen molar-refractivity contribution in [3.63, 3.8) is 0 Å². The van der Waals surface area contributed by atoms with Crippen molar-refractivity contribution in [3.8, 4) is 0 Å². The first-order valence-corrected chi connectivity index (χ1v) is 6.60. The SMILES string of the molecule is CCC(C)C(C)Nc1snc2ccccc12. The Morgan fingerprint density at radius 1 is 1.31 bits per heavy atom. The summed E-state index contributed by atoms with van der Waals surface area (Å²) in [7, 11) is 0. The highest BCUT2D eigenvalue weighted by Crippen LogP contribution is 2.28. The van der Waals surface area contributed by atoms with E-state index < -0.39 is 0 Å². The normalized spacial score (nSPS) is 14.9. The van der Waals surface area contributed by atoms with Crippen LogP contribution in [-0.4, -0.2) is 10.4 Å². The van der Waals surface area contributed by atoms with Crippen LogP contribution in [0.4, 0.5) is 5.00 Å². The van der Waals surface area contributed by atoms with E-state index in [9.17, 15) is 0 Å². The molecule has 1 heterocycles. The molecule has 2 nitrogen and oxygen atoms in total. The predicted molar refractivity (Wildman–Crippen MR) is 72.2 cm³/mol. The lowest BCUT2D eigenvalue weighted by atomic mass is 10.0. The molecule has 0 aliphatic heterocycles. The van der Waals surface area contributed by atoms with Crippen molar-refractivity contribution < 1.29 is 0 Å². The van der Waals surface area contributed by atoms with Crippen molar-refractivity contribution in [2.24, 2.45) is 5.92 Å². The second-order valence-electron chi connectivity index (χ2n) is 4.35. The number of rotatable bonds is 4. The third-order valence-corrected chi connectivity index (χ3v) is 4.05. The summed E-state index contributed by atoms with van der Waals surface area (Å²) in [6, 6.07) is 8.78. The first kappa shape index (κ1) is 11.4. The number of fused-ring (bicyclic) bond motifs is 1. The fourth-order valence-corrected chi connectivity index (χ4v) is 2.55. The van der Waals surface area contributed by atoms with E-state index in [1.54, 1.807) is 11.5 Å². The average molecular weight is 234 g/mol. The van der Waals surface area contributed by atoms with Crippen LogP contribution in [0.15, 0.2) is 24.3 Å². The van der Waals surface area contributed by atoms with Gasteiger partial charge in [-0.2, -0.15) is 4.37 Å². The molecule has 1 aromatic heterocycles. The maximum Gasteiger partial charge on any atom is 0.117 e. The Labute approximate surface area is 101 Å². The fourth-order valence-electron chi connectivity index (χ4n) is 1.70. The molecule has 86 valence electrons. The van der Waals surface area contributed by atoms with Gasteiger partial charge >= 0.3 is 0 Å². The molecule has 3 heteroatoms. The van der Waals surface area contributed by atoms with Gasteiger partial charge in [0.05, 0.1) is 5.52 Å². The van der Waals surface area contributed by atoms with Gasteiger partial charge in [0.2, 0.25) is 0 Å². The Bertz CT molecular complexity index is 464. The summed E-state index contributed by atoms with van der Waals surface area (Å²) in [4.78, 5) is 0. The third kappa shape index (κ3) is 2.19. The van der Waals surface area contributed by atoms with Crippen LogP contribution < -0.4 is 5.32 Å². The lowest BCUT2D eigenvalue weighted by molar-refractivity contribution is 0.495. The van der Waals surface area contributed by atoms with Gasteiger partial charge in [-0.05, 0) is 36.5 Å². The number of aromatic nitrogens is 1. The molecule has 0 saturated carbocycles. The Balaban J connectivity index is 2.21. The lowest BCUT2D eigenvalue weighted by Crippen LogP contribution is -2.22. The number of hydrogen-bond donors (Lipinski definition) is 1. The quantitative estimate of drug-likeness (QED) is 0.860. The number of nitrogens with one attached hydrogen (secondary N) is 1. The molecule has 0 amide bonds. The van der Waals surface area contributed by atoms with E-state index in [1.807, 2.05) is 6.07 Å². The number of benzene rings is 1. The van der Waals surface area contributed by atoms with Crippen molar-refractivity contribution in [1.82, 2.24) is 4.37 Å². The first-order chi connectivity index (χ1) is 7.72. The summed E-state index contributed by atoms with van der Waals surface area (Å²) < 4.78 is 4.44. The van der Waals surface area contributed by atoms with Gasteiger partial charge in [-0.1, -0.05) is 32.4 Å². The van der Waals surface area contributed by atoms with Crippen LogP contribution in [0.5, 0.6) is 0 Å². The number of hydrogen-bond acceptors (Lipinski definition) is 3. The number of nitrogens with zero attached hydrogens (tertiary/aromatic N) is 1. The molecule has 1 N–H and O–H groups in total. The molecular formula is C13H18N2S. The molecule has 16 heavy (non-hydrogen) atoms. The van der Waals surface area contributed by atoms with Gasteiger partial charge in [0.25, 0.3) is 0 Å². The van der Waals surface area contributed by atoms with Crippen LogP contribution in [0.3, 0.4) is 0 Å². The van der Waals surface area contributed by atoms with E-state index in [-0.39, 0.29) is 0 Å². The first-order valence-electron chi connectivity index (χ1n) is 5.83. The van der Waals surface area contributed by atoms with Crippen LogP contribution in [0.1, 0.15) is 27.2 Å². The smallest absolute Gasteiger partial charge is 0.117 e. The van der Waals surface area contributed by atoms with Gasteiger partial charge in [0.1, 0.15) is 5.00 Å².